The van der Waals surface area contributed by atoms with Crippen LogP contribution in [0.5, 0.6) is 0 Å². The lowest BCUT2D eigenvalue weighted by Crippen LogP contribution is -1.93. The fourth-order valence-corrected chi connectivity index (χ4v) is 6.91. The maximum Gasteiger partial charge on any atom is 0.136 e. The number of hydrogen-bond acceptors (Lipinski definition) is 1. The van der Waals surface area contributed by atoms with Crippen molar-refractivity contribution in [2.75, 3.05) is 0 Å². The van der Waals surface area contributed by atoms with Crippen molar-refractivity contribution in [3.63, 3.8) is 0 Å². The van der Waals surface area contributed by atoms with Crippen LogP contribution >= 0.6 is 0 Å². The van der Waals surface area contributed by atoms with Gasteiger partial charge in [0.2, 0.25) is 0 Å². The number of furan rings is 1. The van der Waals surface area contributed by atoms with E-state index in [9.17, 15) is 15.1 Å². The van der Waals surface area contributed by atoms with E-state index in [2.05, 4.69) is 0 Å². The van der Waals surface area contributed by atoms with Crippen LogP contribution < -0.4 is 0 Å². The van der Waals surface area contributed by atoms with Gasteiger partial charge in [-0.25, -0.2) is 0 Å². The van der Waals surface area contributed by atoms with Crippen molar-refractivity contribution in [1.82, 2.24) is 0 Å². The van der Waals surface area contributed by atoms with E-state index >= 15 is 0 Å². The van der Waals surface area contributed by atoms with Gasteiger partial charge >= 0.3 is 0 Å². The molecule has 1 heterocycles. The van der Waals surface area contributed by atoms with Crippen molar-refractivity contribution in [2.24, 2.45) is 0 Å². The maximum absolute atomic E-state index is 10.0. The minimum Gasteiger partial charge on any atom is -0.456 e. The zero-order chi connectivity index (χ0) is 57.5. The van der Waals surface area contributed by atoms with E-state index in [-0.39, 0.29) is 27.5 Å². The first-order valence-corrected chi connectivity index (χ1v) is 16.1. The van der Waals surface area contributed by atoms with Crippen LogP contribution in [-0.4, -0.2) is 0 Å². The largest absolute Gasteiger partial charge is 0.456 e. The lowest BCUT2D eigenvalue weighted by molar-refractivity contribution is 0.669. The quantitative estimate of drug-likeness (QED) is 0.167. The van der Waals surface area contributed by atoms with E-state index in [0.29, 0.717) is 5.56 Å². The first-order valence-electron chi connectivity index (χ1n) is 29.1. The second-order valence-corrected chi connectivity index (χ2v) is 12.0. The van der Waals surface area contributed by atoms with Gasteiger partial charge in [0.05, 0.1) is 35.6 Å². The van der Waals surface area contributed by atoms with E-state index in [0.717, 1.165) is 6.07 Å². The number of rotatable bonds is 4. The molecule has 0 fully saturated rings. The van der Waals surface area contributed by atoms with Crippen molar-refractivity contribution in [3.8, 4) is 44.5 Å². The molecule has 1 aromatic heterocycles. The molecule has 0 spiro atoms. The molecule has 11 aromatic rings. The molecular weight excluding hydrogens is 641 g/mol. The molecule has 10 aromatic carbocycles. The van der Waals surface area contributed by atoms with Gasteiger partial charge in [0.15, 0.2) is 0 Å². The van der Waals surface area contributed by atoms with Gasteiger partial charge in [0.25, 0.3) is 0 Å². The summed E-state index contributed by atoms with van der Waals surface area (Å²) in [5.74, 6) is 0. The molecule has 53 heavy (non-hydrogen) atoms. The Morgan fingerprint density at radius 3 is 1.57 bits per heavy atom. The van der Waals surface area contributed by atoms with Gasteiger partial charge in [0, 0.05) is 10.8 Å². The molecule has 1 nitrogen and oxygen atoms in total. The van der Waals surface area contributed by atoms with E-state index in [1.807, 2.05) is 0 Å². The summed E-state index contributed by atoms with van der Waals surface area (Å²) >= 11 is 0. The molecular formula is C52H32O. The first kappa shape index (κ1) is 13.9. The Balaban J connectivity index is 1.42. The first-order chi connectivity index (χ1) is 37.1. The second-order valence-electron chi connectivity index (χ2n) is 12.0. The standard InChI is InChI=1S/C52H32O/c1-2-14-34(15-3-1)38-25-13-27-49-52(38)47-32-35(28-31-48(47)53-49)37-29-30-46(40-20-7-6-19-39(37)40)51-44-23-10-8-21-42(44)50(43-22-9-11-24-45(43)51)41-26-12-17-33-16-4-5-18-36(33)41/h1-32H/i4D,5D,6D,7D,8D,9D,10D,11D,12D,13D,16D,17D,18D,19D,20D,21D,22D,23D,24D,25D,26D,27D,29D,30D,31D,32D. The van der Waals surface area contributed by atoms with Crippen LogP contribution in [0.25, 0.3) is 110 Å². The topological polar surface area (TPSA) is 13.1 Å². The highest BCUT2D eigenvalue weighted by Gasteiger charge is 2.20. The van der Waals surface area contributed by atoms with Gasteiger partial charge in [-0.1, -0.05) is 175 Å². The summed E-state index contributed by atoms with van der Waals surface area (Å²) < 4.78 is 245. The van der Waals surface area contributed by atoms with Crippen LogP contribution in [0.1, 0.15) is 35.6 Å². The van der Waals surface area contributed by atoms with Gasteiger partial charge in [-0.3, -0.25) is 0 Å². The predicted molar refractivity (Wildman–Crippen MR) is 225 cm³/mol. The zero-order valence-corrected chi connectivity index (χ0v) is 26.9. The highest BCUT2D eigenvalue weighted by Crippen LogP contribution is 2.48. The molecule has 0 aliphatic rings. The van der Waals surface area contributed by atoms with Crippen LogP contribution in [0.2, 0.25) is 0 Å². The molecule has 0 unspecified atom stereocenters. The molecule has 11 rings (SSSR count). The summed E-state index contributed by atoms with van der Waals surface area (Å²) in [4.78, 5) is 0. The summed E-state index contributed by atoms with van der Waals surface area (Å²) in [6.45, 7) is 0. The summed E-state index contributed by atoms with van der Waals surface area (Å²) in [6, 6.07) is -13.3. The molecule has 0 saturated carbocycles. The lowest BCUT2D eigenvalue weighted by Gasteiger charge is -2.20. The van der Waals surface area contributed by atoms with Gasteiger partial charge in [-0.05, 0) is 106 Å². The Bertz CT molecular complexity index is 4630. The van der Waals surface area contributed by atoms with Gasteiger partial charge in [-0.15, -0.1) is 0 Å². The van der Waals surface area contributed by atoms with Crippen LogP contribution in [0.15, 0.2) is 198 Å². The Kier molecular flexibility index (Phi) is 3.09. The van der Waals surface area contributed by atoms with Crippen molar-refractivity contribution in [2.45, 2.75) is 0 Å². The molecule has 0 saturated heterocycles. The fourth-order valence-electron chi connectivity index (χ4n) is 6.91. The van der Waals surface area contributed by atoms with Crippen LogP contribution in [0, 0.1) is 0 Å². The van der Waals surface area contributed by atoms with Gasteiger partial charge < -0.3 is 4.42 Å². The minimum absolute atomic E-state index is 0.0339. The average molecular weight is 699 g/mol. The van der Waals surface area contributed by atoms with Crippen molar-refractivity contribution in [1.29, 1.82) is 0 Å². The third-order valence-electron chi connectivity index (χ3n) is 9.15. The number of fused-ring (bicyclic) bond motifs is 7. The SMILES string of the molecule is [2H]c1c([2H])c(-c2ccccc2)c2c(oc3c([2H])cc(-c4c([2H])c([2H])c(-c5c6c([2H])c([2H])c([2H])c([2H])c6c(-c6c([2H])c([2H])c([2H])c7c([2H])c([2H])c([2H])c([2H])c67)c6c([2H])c([2H])c([2H])c([2H])c56)c5c([2H])c([2H])c([2H])c([2H])c45)c([2H])c32)c1[2H]. The van der Waals surface area contributed by atoms with Gasteiger partial charge in [0.1, 0.15) is 11.2 Å². The van der Waals surface area contributed by atoms with Crippen LogP contribution in [0.3, 0.4) is 0 Å². The smallest absolute Gasteiger partial charge is 0.136 e. The second kappa shape index (κ2) is 11.8. The summed E-state index contributed by atoms with van der Waals surface area (Å²) in [5.41, 5.74) is -4.04. The zero-order valence-electron chi connectivity index (χ0n) is 52.9. The maximum atomic E-state index is 10.0. The number of hydrogen-bond donors (Lipinski definition) is 0. The third-order valence-corrected chi connectivity index (χ3v) is 9.15. The van der Waals surface area contributed by atoms with E-state index in [1.54, 1.807) is 30.3 Å². The van der Waals surface area contributed by atoms with E-state index < -0.39 is 234 Å². The molecule has 1 heteroatoms. The summed E-state index contributed by atoms with van der Waals surface area (Å²) in [5, 5.41) is -5.73. The van der Waals surface area contributed by atoms with E-state index in [1.165, 1.54) is 0 Å². The molecule has 0 aliphatic heterocycles. The van der Waals surface area contributed by atoms with Gasteiger partial charge in [-0.2, -0.15) is 0 Å². The monoisotopic (exact) mass is 698 g/mol. The minimum atomic E-state index is -1.01. The molecule has 0 amide bonds. The molecule has 0 bridgehead atoms. The Morgan fingerprint density at radius 1 is 0.340 bits per heavy atom. The molecule has 0 atom stereocenters. The lowest BCUT2D eigenvalue weighted by atomic mass is 9.83. The average Bonchev–Trinajstić information content (AvgIpc) is 3.02. The molecule has 246 valence electrons. The van der Waals surface area contributed by atoms with E-state index in [4.69, 9.17) is 25.0 Å². The predicted octanol–water partition coefficient (Wildman–Crippen LogP) is 14.9. The summed E-state index contributed by atoms with van der Waals surface area (Å²) in [7, 11) is 0. The third kappa shape index (κ3) is 4.58. The van der Waals surface area contributed by atoms with Crippen molar-refractivity contribution < 1.29 is 40.1 Å². The Morgan fingerprint density at radius 2 is 0.868 bits per heavy atom. The fraction of sp³-hybridized carbons (Fsp3) is 0. The van der Waals surface area contributed by atoms with Crippen LogP contribution in [-0.2, 0) is 0 Å². The summed E-state index contributed by atoms with van der Waals surface area (Å²) in [6.07, 6.45) is 0. The Hall–Kier alpha value is -6.96. The molecule has 0 radical (unpaired) electrons. The molecule has 0 aliphatic carbocycles. The van der Waals surface area contributed by atoms with Crippen molar-refractivity contribution in [3.05, 3.63) is 194 Å². The Labute approximate surface area is 343 Å². The normalized spacial score (nSPS) is 18.6. The highest BCUT2D eigenvalue weighted by atomic mass is 16.3. The van der Waals surface area contributed by atoms with Crippen LogP contribution in [0.4, 0.5) is 0 Å². The van der Waals surface area contributed by atoms with Crippen molar-refractivity contribution >= 4 is 65.0 Å². The highest BCUT2D eigenvalue weighted by molar-refractivity contribution is 6.26. The molecule has 0 N–H and O–H groups in total. The number of benzene rings is 10.